The molecule has 2 heterocycles. The molecular formula is C10H15NO2. The lowest BCUT2D eigenvalue weighted by molar-refractivity contribution is -0.158. The Morgan fingerprint density at radius 1 is 1.62 bits per heavy atom. The first-order chi connectivity index (χ1) is 6.29. The molecule has 0 aromatic heterocycles. The van der Waals surface area contributed by atoms with Gasteiger partial charge in [0.2, 0.25) is 0 Å². The Morgan fingerprint density at radius 3 is 2.62 bits per heavy atom. The average molecular weight is 181 g/mol. The van der Waals surface area contributed by atoms with Crippen molar-refractivity contribution in [1.82, 2.24) is 4.90 Å². The smallest absolute Gasteiger partial charge is 0.328 e. The lowest BCUT2D eigenvalue weighted by atomic mass is 9.95. The van der Waals surface area contributed by atoms with Crippen LogP contribution in [0.5, 0.6) is 0 Å². The summed E-state index contributed by atoms with van der Waals surface area (Å²) in [5.74, 6) is 0.0518. The van der Waals surface area contributed by atoms with E-state index in [4.69, 9.17) is 4.74 Å². The number of hydrogen-bond donors (Lipinski definition) is 0. The van der Waals surface area contributed by atoms with E-state index in [2.05, 4.69) is 11.8 Å². The third kappa shape index (κ3) is 0.857. The number of fused-ring (bicyclic) bond motifs is 1. The zero-order valence-corrected chi connectivity index (χ0v) is 7.95. The molecule has 2 unspecified atom stereocenters. The molecule has 0 bridgehead atoms. The lowest BCUT2D eigenvalue weighted by Gasteiger charge is -2.28. The van der Waals surface area contributed by atoms with Crippen LogP contribution in [-0.2, 0) is 9.53 Å². The van der Waals surface area contributed by atoms with E-state index in [-0.39, 0.29) is 17.6 Å². The van der Waals surface area contributed by atoms with Crippen molar-refractivity contribution in [3.05, 3.63) is 0 Å². The topological polar surface area (TPSA) is 29.3 Å². The van der Waals surface area contributed by atoms with E-state index in [9.17, 15) is 4.79 Å². The minimum atomic E-state index is -0.157. The molecule has 1 aliphatic carbocycles. The zero-order chi connectivity index (χ0) is 9.05. The van der Waals surface area contributed by atoms with Crippen LogP contribution in [0.3, 0.4) is 0 Å². The standard InChI is InChI=1S/C10H15NO2/c1-2-10(8-6-11(8)10)9(12)13-7-4-3-5-7/h7-8H,2-6H2,1H3/t8?,10?,11-/m1/s1. The summed E-state index contributed by atoms with van der Waals surface area (Å²) in [5, 5.41) is 0. The Kier molecular flexibility index (Phi) is 1.36. The maximum atomic E-state index is 11.7. The molecule has 0 amide bonds. The highest BCUT2D eigenvalue weighted by molar-refractivity contribution is 5.88. The second-order valence-electron chi connectivity index (χ2n) is 4.40. The Labute approximate surface area is 78.0 Å². The summed E-state index contributed by atoms with van der Waals surface area (Å²) in [6, 6.07) is 0.546. The highest BCUT2D eigenvalue weighted by atomic mass is 16.5. The summed E-state index contributed by atoms with van der Waals surface area (Å²) in [5.41, 5.74) is -0.157. The summed E-state index contributed by atoms with van der Waals surface area (Å²) < 4.78 is 5.42. The summed E-state index contributed by atoms with van der Waals surface area (Å²) >= 11 is 0. The summed E-state index contributed by atoms with van der Waals surface area (Å²) in [6.45, 7) is 3.20. The lowest BCUT2D eigenvalue weighted by Crippen LogP contribution is -2.40. The van der Waals surface area contributed by atoms with E-state index in [1.165, 1.54) is 6.42 Å². The monoisotopic (exact) mass is 181 g/mol. The first-order valence-corrected chi connectivity index (χ1v) is 5.27. The molecule has 3 rings (SSSR count). The van der Waals surface area contributed by atoms with Gasteiger partial charge < -0.3 is 4.74 Å². The van der Waals surface area contributed by atoms with Crippen LogP contribution in [0.15, 0.2) is 0 Å². The number of hydrogen-bond acceptors (Lipinski definition) is 3. The number of ether oxygens (including phenoxy) is 1. The van der Waals surface area contributed by atoms with Gasteiger partial charge in [-0.15, -0.1) is 0 Å². The summed E-state index contributed by atoms with van der Waals surface area (Å²) in [7, 11) is 0. The van der Waals surface area contributed by atoms with Crippen molar-refractivity contribution in [1.29, 1.82) is 0 Å². The molecule has 3 atom stereocenters. The maximum absolute atomic E-state index is 11.7. The van der Waals surface area contributed by atoms with E-state index in [0.29, 0.717) is 6.04 Å². The summed E-state index contributed by atoms with van der Waals surface area (Å²) in [6.07, 6.45) is 4.55. The molecule has 72 valence electrons. The minimum Gasteiger partial charge on any atom is -0.461 e. The van der Waals surface area contributed by atoms with Gasteiger partial charge in [-0.3, -0.25) is 4.90 Å². The molecule has 1 saturated carbocycles. The second kappa shape index (κ2) is 2.27. The van der Waals surface area contributed by atoms with Gasteiger partial charge in [0.1, 0.15) is 11.6 Å². The molecule has 0 aromatic carbocycles. The highest BCUT2D eigenvalue weighted by Gasteiger charge is 2.79. The molecule has 3 fully saturated rings. The van der Waals surface area contributed by atoms with E-state index >= 15 is 0 Å². The van der Waals surface area contributed by atoms with E-state index in [0.717, 1.165) is 25.8 Å². The third-order valence-electron chi connectivity index (χ3n) is 3.83. The SMILES string of the molecule is CCC1(C(=O)OC2CCC2)C2C[N@]21. The van der Waals surface area contributed by atoms with Crippen molar-refractivity contribution < 1.29 is 9.53 Å². The highest BCUT2D eigenvalue weighted by Crippen LogP contribution is 2.57. The van der Waals surface area contributed by atoms with Crippen LogP contribution in [0.25, 0.3) is 0 Å². The van der Waals surface area contributed by atoms with Gasteiger partial charge in [-0.05, 0) is 25.7 Å². The van der Waals surface area contributed by atoms with Gasteiger partial charge in [0.05, 0.1) is 6.04 Å². The van der Waals surface area contributed by atoms with Crippen molar-refractivity contribution in [2.24, 2.45) is 0 Å². The predicted molar refractivity (Wildman–Crippen MR) is 47.2 cm³/mol. The molecule has 3 heteroatoms. The number of esters is 1. The minimum absolute atomic E-state index is 0.0518. The van der Waals surface area contributed by atoms with Gasteiger partial charge in [-0.2, -0.15) is 0 Å². The molecule has 0 aromatic rings. The second-order valence-corrected chi connectivity index (χ2v) is 4.40. The molecule has 0 radical (unpaired) electrons. The van der Waals surface area contributed by atoms with Crippen LogP contribution >= 0.6 is 0 Å². The average Bonchev–Trinajstić information content (AvgIpc) is 2.85. The van der Waals surface area contributed by atoms with Crippen LogP contribution < -0.4 is 0 Å². The Morgan fingerprint density at radius 2 is 2.31 bits per heavy atom. The molecule has 2 saturated heterocycles. The third-order valence-corrected chi connectivity index (χ3v) is 3.83. The van der Waals surface area contributed by atoms with Gasteiger partial charge in [-0.25, -0.2) is 4.79 Å². The number of carbonyl (C=O) groups excluding carboxylic acids is 1. The first-order valence-electron chi connectivity index (χ1n) is 5.27. The largest absolute Gasteiger partial charge is 0.461 e. The quantitative estimate of drug-likeness (QED) is 0.479. The summed E-state index contributed by atoms with van der Waals surface area (Å²) in [4.78, 5) is 14.0. The Balaban J connectivity index is 1.61. The molecule has 0 N–H and O–H groups in total. The van der Waals surface area contributed by atoms with Crippen molar-refractivity contribution >= 4 is 5.97 Å². The Bertz CT molecular complexity index is 252. The fraction of sp³-hybridized carbons (Fsp3) is 0.900. The molecule has 13 heavy (non-hydrogen) atoms. The molecule has 3 nitrogen and oxygen atoms in total. The van der Waals surface area contributed by atoms with Gasteiger partial charge in [0.15, 0.2) is 0 Å². The Hall–Kier alpha value is -0.570. The van der Waals surface area contributed by atoms with E-state index < -0.39 is 0 Å². The van der Waals surface area contributed by atoms with Crippen molar-refractivity contribution in [2.75, 3.05) is 6.54 Å². The fourth-order valence-corrected chi connectivity index (χ4v) is 2.38. The molecule has 0 spiro atoms. The molecule has 2 aliphatic heterocycles. The normalized spacial score (nSPS) is 46.2. The van der Waals surface area contributed by atoms with Crippen LogP contribution in [0, 0.1) is 0 Å². The molecule has 3 aliphatic rings. The number of rotatable bonds is 3. The van der Waals surface area contributed by atoms with Crippen LogP contribution in [0.4, 0.5) is 0 Å². The van der Waals surface area contributed by atoms with Crippen LogP contribution in [0.2, 0.25) is 0 Å². The van der Waals surface area contributed by atoms with Crippen molar-refractivity contribution in [2.45, 2.75) is 50.3 Å². The maximum Gasteiger partial charge on any atom is 0.328 e. The number of carbonyl (C=O) groups is 1. The van der Waals surface area contributed by atoms with E-state index in [1.807, 2.05) is 0 Å². The zero-order valence-electron chi connectivity index (χ0n) is 7.95. The van der Waals surface area contributed by atoms with Gasteiger partial charge in [0.25, 0.3) is 0 Å². The first kappa shape index (κ1) is 7.80. The van der Waals surface area contributed by atoms with Crippen LogP contribution in [-0.4, -0.2) is 35.1 Å². The van der Waals surface area contributed by atoms with Crippen LogP contribution in [0.1, 0.15) is 32.6 Å². The van der Waals surface area contributed by atoms with E-state index in [1.54, 1.807) is 0 Å². The molecular weight excluding hydrogens is 166 g/mol. The van der Waals surface area contributed by atoms with Gasteiger partial charge in [-0.1, -0.05) is 6.92 Å². The van der Waals surface area contributed by atoms with Crippen molar-refractivity contribution in [3.63, 3.8) is 0 Å². The predicted octanol–water partition coefficient (Wildman–Crippen LogP) is 0.929. The van der Waals surface area contributed by atoms with Gasteiger partial charge in [0, 0.05) is 6.54 Å². The van der Waals surface area contributed by atoms with Crippen molar-refractivity contribution in [3.8, 4) is 0 Å². The fourth-order valence-electron chi connectivity index (χ4n) is 2.38. The van der Waals surface area contributed by atoms with Gasteiger partial charge >= 0.3 is 5.97 Å². The number of nitrogens with zero attached hydrogens (tertiary/aromatic N) is 1.